The third kappa shape index (κ3) is 4.21. The van der Waals surface area contributed by atoms with Gasteiger partial charge in [-0.25, -0.2) is 4.98 Å². The first-order valence-corrected chi connectivity index (χ1v) is 11.2. The number of rotatable bonds is 8. The van der Waals surface area contributed by atoms with Crippen molar-refractivity contribution in [3.8, 4) is 6.07 Å². The van der Waals surface area contributed by atoms with Gasteiger partial charge in [0.15, 0.2) is 11.6 Å². The molecule has 5 heterocycles. The fraction of sp³-hybridized carbons (Fsp3) is 0.545. The molecule has 162 valence electrons. The second kappa shape index (κ2) is 8.55. The lowest BCUT2D eigenvalue weighted by molar-refractivity contribution is -0.00646. The lowest BCUT2D eigenvalue weighted by atomic mass is 9.82. The minimum absolute atomic E-state index is 0.361. The van der Waals surface area contributed by atoms with Crippen molar-refractivity contribution in [1.82, 2.24) is 30.0 Å². The zero-order valence-electron chi connectivity index (χ0n) is 17.9. The van der Waals surface area contributed by atoms with Gasteiger partial charge in [0.1, 0.15) is 5.52 Å². The summed E-state index contributed by atoms with van der Waals surface area (Å²) in [5, 5.41) is 22.9. The van der Waals surface area contributed by atoms with Gasteiger partial charge in [-0.2, -0.15) is 15.3 Å². The van der Waals surface area contributed by atoms with Gasteiger partial charge >= 0.3 is 0 Å². The number of piperidine rings is 1. The number of aromatic nitrogens is 5. The monoisotopic (exact) mass is 419 g/mol. The van der Waals surface area contributed by atoms with E-state index in [0.29, 0.717) is 30.5 Å². The Labute approximate surface area is 181 Å². The van der Waals surface area contributed by atoms with E-state index in [4.69, 9.17) is 15.2 Å². The van der Waals surface area contributed by atoms with Crippen LogP contribution in [-0.2, 0) is 0 Å². The Bertz CT molecular complexity index is 1080. The highest BCUT2D eigenvalue weighted by atomic mass is 15.3. The van der Waals surface area contributed by atoms with Gasteiger partial charge in [-0.05, 0) is 45.1 Å². The predicted molar refractivity (Wildman–Crippen MR) is 120 cm³/mol. The second-order valence-electron chi connectivity index (χ2n) is 8.75. The zero-order valence-corrected chi connectivity index (χ0v) is 17.9. The fourth-order valence-corrected chi connectivity index (χ4v) is 4.95. The molecule has 31 heavy (non-hydrogen) atoms. The minimum Gasteiger partial charge on any atom is -0.357 e. The summed E-state index contributed by atoms with van der Waals surface area (Å²) >= 11 is 0. The maximum absolute atomic E-state index is 8.79. The van der Waals surface area contributed by atoms with E-state index in [1.807, 2.05) is 25.3 Å². The topological polar surface area (TPSA) is 121 Å². The van der Waals surface area contributed by atoms with Crippen LogP contribution < -0.4 is 10.6 Å². The van der Waals surface area contributed by atoms with E-state index in [9.17, 15) is 0 Å². The Morgan fingerprint density at radius 2 is 2.23 bits per heavy atom. The van der Waals surface area contributed by atoms with Crippen molar-refractivity contribution in [2.75, 3.05) is 17.2 Å². The van der Waals surface area contributed by atoms with Gasteiger partial charge in [0.2, 0.25) is 5.95 Å². The maximum Gasteiger partial charge on any atom is 0.225 e. The molecule has 0 radical (unpaired) electrons. The van der Waals surface area contributed by atoms with Crippen LogP contribution in [0.4, 0.5) is 17.6 Å². The van der Waals surface area contributed by atoms with Crippen molar-refractivity contribution in [2.24, 2.45) is 0 Å². The summed E-state index contributed by atoms with van der Waals surface area (Å²) in [6, 6.07) is 7.79. The number of nitriles is 1. The standard InChI is InChI=1S/C22H29N9/c1-14-11-19(30-29-14)27-21-20-18(6-9-24-20)26-22(28-21)25-15-12-16(5-3-2-4-8-23)31-10-7-17(31)13-15/h6,9,11,15-17,24H,2-5,7,10,12-13H2,1H3,(H3,25,26,27,28,29,30)/t15-,16-,17+/m1/s1. The SMILES string of the molecule is Cc1cc(Nc2nc(N[C@@H]3C[C@@H](CCCCC#N)N4CC[C@H]4C3)nc3cc[nH]c23)n[nH]1. The van der Waals surface area contributed by atoms with E-state index in [1.54, 1.807) is 0 Å². The van der Waals surface area contributed by atoms with Crippen LogP contribution in [0.2, 0.25) is 0 Å². The van der Waals surface area contributed by atoms with Crippen molar-refractivity contribution >= 4 is 28.6 Å². The third-order valence-corrected chi connectivity index (χ3v) is 6.54. The Morgan fingerprint density at radius 3 is 3.00 bits per heavy atom. The molecule has 2 aliphatic heterocycles. The van der Waals surface area contributed by atoms with Gasteiger partial charge in [0.25, 0.3) is 0 Å². The zero-order chi connectivity index (χ0) is 21.2. The van der Waals surface area contributed by atoms with Crippen LogP contribution >= 0.6 is 0 Å². The van der Waals surface area contributed by atoms with Gasteiger partial charge in [0.05, 0.1) is 11.6 Å². The molecule has 9 nitrogen and oxygen atoms in total. The molecule has 9 heteroatoms. The van der Waals surface area contributed by atoms with E-state index in [2.05, 4.69) is 36.8 Å². The Balaban J connectivity index is 1.31. The van der Waals surface area contributed by atoms with Gasteiger partial charge in [-0.3, -0.25) is 10.00 Å². The third-order valence-electron chi connectivity index (χ3n) is 6.54. The van der Waals surface area contributed by atoms with Crippen molar-refractivity contribution in [3.63, 3.8) is 0 Å². The first kappa shape index (κ1) is 19.8. The summed E-state index contributed by atoms with van der Waals surface area (Å²) < 4.78 is 0. The Hall–Kier alpha value is -3.12. The summed E-state index contributed by atoms with van der Waals surface area (Å²) in [6.45, 7) is 3.18. The molecule has 4 N–H and O–H groups in total. The van der Waals surface area contributed by atoms with Crippen molar-refractivity contribution in [2.45, 2.75) is 70.0 Å². The van der Waals surface area contributed by atoms with Crippen LogP contribution in [0.15, 0.2) is 18.3 Å². The highest BCUT2D eigenvalue weighted by Crippen LogP contribution is 2.36. The fourth-order valence-electron chi connectivity index (χ4n) is 4.95. The highest BCUT2D eigenvalue weighted by Gasteiger charge is 2.40. The molecule has 0 unspecified atom stereocenters. The Kier molecular flexibility index (Phi) is 5.47. The van der Waals surface area contributed by atoms with Crippen molar-refractivity contribution in [3.05, 3.63) is 24.0 Å². The Morgan fingerprint density at radius 1 is 1.29 bits per heavy atom. The van der Waals surface area contributed by atoms with Crippen LogP contribution in [0.1, 0.15) is 50.6 Å². The average Bonchev–Trinajstić information content (AvgIpc) is 3.36. The van der Waals surface area contributed by atoms with Crippen LogP contribution in [0, 0.1) is 18.3 Å². The average molecular weight is 420 g/mol. The highest BCUT2D eigenvalue weighted by molar-refractivity contribution is 5.88. The van der Waals surface area contributed by atoms with E-state index < -0.39 is 0 Å². The molecule has 3 aromatic heterocycles. The van der Waals surface area contributed by atoms with Crippen LogP contribution in [0.5, 0.6) is 0 Å². The molecule has 2 fully saturated rings. The van der Waals surface area contributed by atoms with Gasteiger partial charge < -0.3 is 15.6 Å². The number of aryl methyl sites for hydroxylation is 1. The molecule has 0 amide bonds. The van der Waals surface area contributed by atoms with E-state index in [0.717, 1.165) is 54.0 Å². The maximum atomic E-state index is 8.79. The molecular formula is C22H29N9. The van der Waals surface area contributed by atoms with Gasteiger partial charge in [-0.15, -0.1) is 0 Å². The lowest BCUT2D eigenvalue weighted by Crippen LogP contribution is -2.59. The normalized spacial score (nSPS) is 23.2. The van der Waals surface area contributed by atoms with E-state index in [-0.39, 0.29) is 0 Å². The molecular weight excluding hydrogens is 390 g/mol. The summed E-state index contributed by atoms with van der Waals surface area (Å²) in [6.07, 6.45) is 9.33. The summed E-state index contributed by atoms with van der Waals surface area (Å²) in [4.78, 5) is 15.4. The lowest BCUT2D eigenvalue weighted by Gasteiger charge is -2.52. The molecule has 2 aliphatic rings. The van der Waals surface area contributed by atoms with Crippen LogP contribution in [0.3, 0.4) is 0 Å². The first-order chi connectivity index (χ1) is 15.2. The molecule has 0 aromatic carbocycles. The first-order valence-electron chi connectivity index (χ1n) is 11.2. The number of unbranched alkanes of at least 4 members (excludes halogenated alkanes) is 2. The molecule has 0 spiro atoms. The van der Waals surface area contributed by atoms with E-state index in [1.165, 1.54) is 19.4 Å². The minimum atomic E-state index is 0.361. The predicted octanol–water partition coefficient (Wildman–Crippen LogP) is 3.83. The molecule has 0 aliphatic carbocycles. The van der Waals surface area contributed by atoms with Crippen LogP contribution in [0.25, 0.3) is 11.0 Å². The summed E-state index contributed by atoms with van der Waals surface area (Å²) in [7, 11) is 0. The smallest absolute Gasteiger partial charge is 0.225 e. The summed E-state index contributed by atoms with van der Waals surface area (Å²) in [5.41, 5.74) is 2.74. The number of nitrogens with zero attached hydrogens (tertiary/aromatic N) is 5. The van der Waals surface area contributed by atoms with Crippen LogP contribution in [-0.4, -0.2) is 54.7 Å². The number of hydrogen-bond acceptors (Lipinski definition) is 7. The van der Waals surface area contributed by atoms with E-state index >= 15 is 0 Å². The number of nitrogens with one attached hydrogen (secondary N) is 4. The quantitative estimate of drug-likeness (QED) is 0.409. The van der Waals surface area contributed by atoms with Crippen molar-refractivity contribution < 1.29 is 0 Å². The molecule has 3 aromatic rings. The number of hydrogen-bond donors (Lipinski definition) is 4. The van der Waals surface area contributed by atoms with Crippen molar-refractivity contribution in [1.29, 1.82) is 5.26 Å². The second-order valence-corrected chi connectivity index (χ2v) is 8.75. The molecule has 3 atom stereocenters. The number of anilines is 3. The van der Waals surface area contributed by atoms with Gasteiger partial charge in [0, 0.05) is 49.0 Å². The molecule has 5 rings (SSSR count). The molecule has 0 saturated carbocycles. The molecule has 2 saturated heterocycles. The number of aromatic amines is 2. The molecule has 0 bridgehead atoms. The number of H-pyrrole nitrogens is 2. The number of fused-ring (bicyclic) bond motifs is 2. The largest absolute Gasteiger partial charge is 0.357 e. The van der Waals surface area contributed by atoms with Gasteiger partial charge in [-0.1, -0.05) is 6.42 Å². The summed E-state index contributed by atoms with van der Waals surface area (Å²) in [5.74, 6) is 2.11.